The van der Waals surface area contributed by atoms with E-state index in [1.165, 1.54) is 5.39 Å². The molecule has 20 heavy (non-hydrogen) atoms. The molecule has 0 spiro atoms. The lowest BCUT2D eigenvalue weighted by Crippen LogP contribution is -2.41. The summed E-state index contributed by atoms with van der Waals surface area (Å²) in [7, 11) is 1.31. The summed E-state index contributed by atoms with van der Waals surface area (Å²) in [6.07, 6.45) is 0. The first-order chi connectivity index (χ1) is 9.36. The highest BCUT2D eigenvalue weighted by Gasteiger charge is 2.52. The molecule has 1 saturated heterocycles. The van der Waals surface area contributed by atoms with Crippen molar-refractivity contribution >= 4 is 34.0 Å². The van der Waals surface area contributed by atoms with Crippen LogP contribution in [-0.4, -0.2) is 25.4 Å². The van der Waals surface area contributed by atoms with Gasteiger partial charge in [0.15, 0.2) is 0 Å². The second kappa shape index (κ2) is 4.48. The number of thiophene rings is 1. The lowest BCUT2D eigenvalue weighted by Gasteiger charge is -2.32. The van der Waals surface area contributed by atoms with Gasteiger partial charge in [-0.3, -0.25) is 0 Å². The first-order valence-corrected chi connectivity index (χ1v) is 7.63. The van der Waals surface area contributed by atoms with Crippen molar-refractivity contribution in [3.05, 3.63) is 23.6 Å². The van der Waals surface area contributed by atoms with E-state index in [4.69, 9.17) is 14.0 Å². The van der Waals surface area contributed by atoms with Crippen LogP contribution in [0.1, 0.15) is 27.7 Å². The summed E-state index contributed by atoms with van der Waals surface area (Å²) in [6.45, 7) is 8.23. The quantitative estimate of drug-likeness (QED) is 0.795. The monoisotopic (exact) mass is 290 g/mol. The van der Waals surface area contributed by atoms with E-state index in [-0.39, 0.29) is 18.3 Å². The summed E-state index contributed by atoms with van der Waals surface area (Å²) < 4.78 is 19.0. The first kappa shape index (κ1) is 13.9. The minimum Gasteiger partial charge on any atom is -0.496 e. The third-order valence-electron chi connectivity index (χ3n) is 4.32. The predicted octanol–water partition coefficient (Wildman–Crippen LogP) is 3.21. The van der Waals surface area contributed by atoms with E-state index in [0.717, 1.165) is 15.9 Å². The smallest absolute Gasteiger partial charge is 0.496 e. The van der Waals surface area contributed by atoms with Gasteiger partial charge in [-0.1, -0.05) is 12.1 Å². The van der Waals surface area contributed by atoms with E-state index in [1.54, 1.807) is 18.4 Å². The van der Waals surface area contributed by atoms with Crippen LogP contribution in [-0.2, 0) is 9.31 Å². The van der Waals surface area contributed by atoms with E-state index < -0.39 is 0 Å². The molecule has 1 aromatic carbocycles. The summed E-state index contributed by atoms with van der Waals surface area (Å²) in [5, 5.41) is 3.26. The highest BCUT2D eigenvalue weighted by Crippen LogP contribution is 2.38. The van der Waals surface area contributed by atoms with E-state index in [2.05, 4.69) is 45.2 Å². The Morgan fingerprint density at radius 3 is 2.30 bits per heavy atom. The first-order valence-electron chi connectivity index (χ1n) is 6.75. The number of methoxy groups -OCH3 is 1. The van der Waals surface area contributed by atoms with Crippen LogP contribution >= 0.6 is 11.3 Å². The Morgan fingerprint density at radius 2 is 1.70 bits per heavy atom. The van der Waals surface area contributed by atoms with Crippen LogP contribution in [0.4, 0.5) is 0 Å². The minimum atomic E-state index is -0.388. The number of benzene rings is 1. The average molecular weight is 290 g/mol. The van der Waals surface area contributed by atoms with Crippen molar-refractivity contribution in [3.8, 4) is 5.75 Å². The van der Waals surface area contributed by atoms with Gasteiger partial charge in [-0.15, -0.1) is 11.3 Å². The lowest BCUT2D eigenvalue weighted by molar-refractivity contribution is 0.00578. The Kier molecular flexibility index (Phi) is 3.12. The molecule has 106 valence electrons. The van der Waals surface area contributed by atoms with Gasteiger partial charge in [0, 0.05) is 5.46 Å². The molecule has 1 aliphatic rings. The lowest BCUT2D eigenvalue weighted by atomic mass is 9.78. The number of hydrogen-bond acceptors (Lipinski definition) is 4. The molecule has 0 unspecified atom stereocenters. The molecule has 3 rings (SSSR count). The van der Waals surface area contributed by atoms with E-state index in [9.17, 15) is 0 Å². The molecular formula is C15H19BO3S. The van der Waals surface area contributed by atoms with Gasteiger partial charge in [0.05, 0.1) is 23.0 Å². The van der Waals surface area contributed by atoms with Gasteiger partial charge in [0.25, 0.3) is 0 Å². The molecule has 3 nitrogen and oxygen atoms in total. The molecule has 2 aromatic rings. The van der Waals surface area contributed by atoms with Gasteiger partial charge in [-0.05, 0) is 44.5 Å². The Morgan fingerprint density at radius 1 is 1.05 bits per heavy atom. The third kappa shape index (κ3) is 1.96. The van der Waals surface area contributed by atoms with Crippen molar-refractivity contribution in [2.24, 2.45) is 0 Å². The van der Waals surface area contributed by atoms with E-state index in [0.29, 0.717) is 0 Å². The summed E-state index contributed by atoms with van der Waals surface area (Å²) in [5.74, 6) is 0.857. The molecule has 2 heterocycles. The molecule has 0 amide bonds. The number of fused-ring (bicyclic) bond motifs is 1. The van der Waals surface area contributed by atoms with Crippen LogP contribution in [0.3, 0.4) is 0 Å². The Balaban J connectivity index is 2.07. The van der Waals surface area contributed by atoms with Gasteiger partial charge in [-0.2, -0.15) is 0 Å². The molecule has 1 aromatic heterocycles. The molecule has 1 aliphatic heterocycles. The van der Waals surface area contributed by atoms with Crippen molar-refractivity contribution < 1.29 is 14.0 Å². The fourth-order valence-electron chi connectivity index (χ4n) is 2.39. The fourth-order valence-corrected chi connectivity index (χ4v) is 3.32. The molecule has 0 radical (unpaired) electrons. The third-order valence-corrected chi connectivity index (χ3v) is 5.25. The van der Waals surface area contributed by atoms with Crippen molar-refractivity contribution in [1.29, 1.82) is 0 Å². The van der Waals surface area contributed by atoms with Crippen molar-refractivity contribution in [1.82, 2.24) is 0 Å². The largest absolute Gasteiger partial charge is 0.498 e. The van der Waals surface area contributed by atoms with Crippen LogP contribution in [0, 0.1) is 0 Å². The van der Waals surface area contributed by atoms with Crippen LogP contribution in [0.2, 0.25) is 0 Å². The number of rotatable bonds is 2. The van der Waals surface area contributed by atoms with Crippen LogP contribution in [0.5, 0.6) is 5.75 Å². The molecule has 0 atom stereocenters. The summed E-state index contributed by atoms with van der Waals surface area (Å²) >= 11 is 1.68. The van der Waals surface area contributed by atoms with Gasteiger partial charge >= 0.3 is 7.12 Å². The summed E-state index contributed by atoms with van der Waals surface area (Å²) in [6, 6.07) is 6.22. The Labute approximate surface area is 124 Å². The number of hydrogen-bond donors (Lipinski definition) is 0. The predicted molar refractivity (Wildman–Crippen MR) is 84.1 cm³/mol. The standard InChI is InChI=1S/C15H19BO3S/c1-14(2)15(3,4)19-16(18-14)11-7-6-10-8-9-20-13(10)12(11)17-5/h6-9H,1-5H3. The molecule has 5 heteroatoms. The SMILES string of the molecule is COc1c(B2OC(C)(C)C(C)(C)O2)ccc2ccsc12. The van der Waals surface area contributed by atoms with Crippen LogP contribution < -0.4 is 10.2 Å². The van der Waals surface area contributed by atoms with Gasteiger partial charge in [0.2, 0.25) is 0 Å². The van der Waals surface area contributed by atoms with Crippen LogP contribution in [0.25, 0.3) is 10.1 Å². The zero-order valence-electron chi connectivity index (χ0n) is 12.5. The van der Waals surface area contributed by atoms with Gasteiger partial charge in [0.1, 0.15) is 5.75 Å². The molecule has 0 aliphatic carbocycles. The second-order valence-corrected chi connectivity index (χ2v) is 7.03. The molecule has 0 saturated carbocycles. The molecule has 0 N–H and O–H groups in total. The molecule has 0 bridgehead atoms. The maximum absolute atomic E-state index is 6.12. The highest BCUT2D eigenvalue weighted by atomic mass is 32.1. The van der Waals surface area contributed by atoms with Crippen molar-refractivity contribution in [2.75, 3.05) is 7.11 Å². The van der Waals surface area contributed by atoms with Crippen molar-refractivity contribution in [2.45, 2.75) is 38.9 Å². The van der Waals surface area contributed by atoms with Gasteiger partial charge in [-0.25, -0.2) is 0 Å². The maximum Gasteiger partial charge on any atom is 0.498 e. The normalized spacial score (nSPS) is 20.6. The van der Waals surface area contributed by atoms with E-state index >= 15 is 0 Å². The second-order valence-electron chi connectivity index (χ2n) is 6.12. The Bertz CT molecular complexity index is 632. The molecule has 1 fully saturated rings. The van der Waals surface area contributed by atoms with E-state index in [1.807, 2.05) is 6.07 Å². The van der Waals surface area contributed by atoms with Crippen molar-refractivity contribution in [3.63, 3.8) is 0 Å². The number of ether oxygens (including phenoxy) is 1. The fraction of sp³-hybridized carbons (Fsp3) is 0.467. The van der Waals surface area contributed by atoms with Crippen LogP contribution in [0.15, 0.2) is 23.6 Å². The summed E-state index contributed by atoms with van der Waals surface area (Å²) in [4.78, 5) is 0. The van der Waals surface area contributed by atoms with Gasteiger partial charge < -0.3 is 14.0 Å². The maximum atomic E-state index is 6.12. The average Bonchev–Trinajstić information content (AvgIpc) is 2.91. The minimum absolute atomic E-state index is 0.340. The highest BCUT2D eigenvalue weighted by molar-refractivity contribution is 7.17. The Hall–Kier alpha value is -1.04. The summed E-state index contributed by atoms with van der Waals surface area (Å²) in [5.41, 5.74) is 0.279. The topological polar surface area (TPSA) is 27.7 Å². The molecular weight excluding hydrogens is 271 g/mol. The zero-order chi connectivity index (χ0) is 14.5. The zero-order valence-corrected chi connectivity index (χ0v) is 13.3.